The van der Waals surface area contributed by atoms with Crippen LogP contribution in [0.15, 0.2) is 41.4 Å². The average molecular weight is 391 g/mol. The summed E-state index contributed by atoms with van der Waals surface area (Å²) in [6.07, 6.45) is -2.22. The quantitative estimate of drug-likeness (QED) is 0.540. The number of hydrogen-bond donors (Lipinski definition) is 3. The first-order valence-corrected chi connectivity index (χ1v) is 8.47. The third-order valence-corrected chi connectivity index (χ3v) is 3.23. The number of halogens is 1. The third-order valence-electron chi connectivity index (χ3n) is 3.23. The minimum Gasteiger partial charge on any atom is -0.491 e. The van der Waals surface area contributed by atoms with Crippen molar-refractivity contribution in [2.24, 2.45) is 4.99 Å². The van der Waals surface area contributed by atoms with Gasteiger partial charge in [0.05, 0.1) is 5.69 Å². The Bertz CT molecular complexity index is 893. The van der Waals surface area contributed by atoms with Crippen molar-refractivity contribution in [3.63, 3.8) is 0 Å². The molecule has 0 saturated carbocycles. The Labute approximate surface area is 161 Å². The zero-order valence-corrected chi connectivity index (χ0v) is 15.8. The number of guanidine groups is 1. The molecule has 0 aromatic heterocycles. The SMILES string of the molecule is CC(C)(C)OC(=O)NC(=Nc1ccc2cc(OCCF)ccc2c1)NC(=O)O. The van der Waals surface area contributed by atoms with Gasteiger partial charge in [-0.2, -0.15) is 0 Å². The van der Waals surface area contributed by atoms with E-state index in [4.69, 9.17) is 14.6 Å². The standard InChI is InChI=1S/C19H22FN3O5/c1-19(2,3)28-18(26)23-16(22-17(24)25)21-14-6-4-13-11-15(27-9-8-20)7-5-12(13)10-14/h4-7,10-11H,8-9H2,1-3H3,(H,24,25)(H2,21,22,23,26). The van der Waals surface area contributed by atoms with E-state index in [1.54, 1.807) is 57.2 Å². The van der Waals surface area contributed by atoms with Gasteiger partial charge in [0.25, 0.3) is 0 Å². The minimum atomic E-state index is -1.38. The van der Waals surface area contributed by atoms with E-state index in [2.05, 4.69) is 10.3 Å². The van der Waals surface area contributed by atoms with Gasteiger partial charge in [-0.25, -0.2) is 19.0 Å². The number of hydrogen-bond acceptors (Lipinski definition) is 5. The Balaban J connectivity index is 2.25. The Hall–Kier alpha value is -3.36. The van der Waals surface area contributed by atoms with Gasteiger partial charge in [-0.15, -0.1) is 0 Å². The molecule has 2 aromatic carbocycles. The van der Waals surface area contributed by atoms with Crippen molar-refractivity contribution in [3.8, 4) is 5.75 Å². The second kappa shape index (κ2) is 9.03. The number of fused-ring (bicyclic) bond motifs is 1. The van der Waals surface area contributed by atoms with E-state index in [-0.39, 0.29) is 12.6 Å². The van der Waals surface area contributed by atoms with Gasteiger partial charge in [0, 0.05) is 0 Å². The molecule has 0 heterocycles. The van der Waals surface area contributed by atoms with Crippen molar-refractivity contribution in [1.29, 1.82) is 0 Å². The lowest BCUT2D eigenvalue weighted by molar-refractivity contribution is 0.0562. The average Bonchev–Trinajstić information content (AvgIpc) is 2.57. The highest BCUT2D eigenvalue weighted by Gasteiger charge is 2.18. The zero-order chi connectivity index (χ0) is 20.7. The Morgan fingerprint density at radius 3 is 2.43 bits per heavy atom. The Kier molecular flexibility index (Phi) is 6.75. The van der Waals surface area contributed by atoms with E-state index in [0.717, 1.165) is 10.8 Å². The van der Waals surface area contributed by atoms with Gasteiger partial charge in [-0.1, -0.05) is 12.1 Å². The number of alkyl carbamates (subject to hydrolysis) is 1. The summed E-state index contributed by atoms with van der Waals surface area (Å²) in [6.45, 7) is 4.46. The van der Waals surface area contributed by atoms with Gasteiger partial charge in [0.1, 0.15) is 24.6 Å². The van der Waals surface area contributed by atoms with Crippen LogP contribution in [0.4, 0.5) is 19.7 Å². The first-order valence-electron chi connectivity index (χ1n) is 8.47. The molecule has 0 aliphatic heterocycles. The third kappa shape index (κ3) is 6.75. The summed E-state index contributed by atoms with van der Waals surface area (Å²) in [5.41, 5.74) is -0.340. The number of rotatable bonds is 4. The molecule has 150 valence electrons. The van der Waals surface area contributed by atoms with Crippen LogP contribution >= 0.6 is 0 Å². The molecule has 28 heavy (non-hydrogen) atoms. The fourth-order valence-electron chi connectivity index (χ4n) is 2.24. The highest BCUT2D eigenvalue weighted by atomic mass is 19.1. The molecule has 0 atom stereocenters. The fraction of sp³-hybridized carbons (Fsp3) is 0.316. The van der Waals surface area contributed by atoms with Crippen molar-refractivity contribution in [2.75, 3.05) is 13.3 Å². The van der Waals surface area contributed by atoms with Crippen molar-refractivity contribution in [3.05, 3.63) is 36.4 Å². The van der Waals surface area contributed by atoms with Crippen LogP contribution in [0.25, 0.3) is 10.8 Å². The predicted molar refractivity (Wildman–Crippen MR) is 103 cm³/mol. The van der Waals surface area contributed by atoms with Crippen molar-refractivity contribution >= 4 is 34.6 Å². The summed E-state index contributed by atoms with van der Waals surface area (Å²) in [7, 11) is 0. The van der Waals surface area contributed by atoms with Gasteiger partial charge < -0.3 is 14.6 Å². The molecule has 0 spiro atoms. The Morgan fingerprint density at radius 1 is 1.11 bits per heavy atom. The molecule has 9 heteroatoms. The predicted octanol–water partition coefficient (Wildman–Crippen LogP) is 3.97. The summed E-state index contributed by atoms with van der Waals surface area (Å²) in [5.74, 6) is 0.255. The van der Waals surface area contributed by atoms with Crippen LogP contribution < -0.4 is 15.4 Å². The second-order valence-electron chi connectivity index (χ2n) is 6.75. The number of nitrogens with zero attached hydrogens (tertiary/aromatic N) is 1. The molecule has 0 bridgehead atoms. The molecule has 0 unspecified atom stereocenters. The van der Waals surface area contributed by atoms with E-state index >= 15 is 0 Å². The normalized spacial score (nSPS) is 11.8. The summed E-state index contributed by atoms with van der Waals surface area (Å²) in [6, 6.07) is 10.3. The Morgan fingerprint density at radius 2 is 1.79 bits per heavy atom. The second-order valence-corrected chi connectivity index (χ2v) is 6.75. The molecule has 2 rings (SSSR count). The number of carbonyl (C=O) groups is 2. The molecule has 3 N–H and O–H groups in total. The maximum Gasteiger partial charge on any atom is 0.414 e. The number of carbonyl (C=O) groups excluding carboxylic acids is 1. The number of nitrogens with one attached hydrogen (secondary N) is 2. The molecule has 0 aliphatic rings. The van der Waals surface area contributed by atoms with Crippen LogP contribution in [0.5, 0.6) is 5.75 Å². The maximum absolute atomic E-state index is 12.2. The topological polar surface area (TPSA) is 109 Å². The lowest BCUT2D eigenvalue weighted by Crippen LogP contribution is -2.45. The zero-order valence-electron chi connectivity index (χ0n) is 15.8. The summed E-state index contributed by atoms with van der Waals surface area (Å²) >= 11 is 0. The molecule has 0 saturated heterocycles. The van der Waals surface area contributed by atoms with Crippen LogP contribution in [0, 0.1) is 0 Å². The summed E-state index contributed by atoms with van der Waals surface area (Å²) in [4.78, 5) is 27.0. The van der Waals surface area contributed by atoms with E-state index in [1.165, 1.54) is 0 Å². The maximum atomic E-state index is 12.2. The van der Waals surface area contributed by atoms with Gasteiger partial charge in [0.15, 0.2) is 0 Å². The monoisotopic (exact) mass is 391 g/mol. The summed E-state index contributed by atoms with van der Waals surface area (Å²) in [5, 5.41) is 14.9. The number of aliphatic imine (C=N–C) groups is 1. The van der Waals surface area contributed by atoms with Gasteiger partial charge in [-0.05, 0) is 55.8 Å². The number of carboxylic acid groups (broad SMARTS) is 1. The lowest BCUT2D eigenvalue weighted by Gasteiger charge is -2.20. The summed E-state index contributed by atoms with van der Waals surface area (Å²) < 4.78 is 22.6. The molecule has 0 radical (unpaired) electrons. The highest BCUT2D eigenvalue weighted by Crippen LogP contribution is 2.25. The minimum absolute atomic E-state index is 0.0194. The number of alkyl halides is 1. The van der Waals surface area contributed by atoms with Gasteiger partial charge in [0.2, 0.25) is 5.96 Å². The van der Waals surface area contributed by atoms with E-state index < -0.39 is 24.5 Å². The van der Waals surface area contributed by atoms with Crippen molar-refractivity contribution < 1.29 is 28.6 Å². The van der Waals surface area contributed by atoms with Crippen LogP contribution in [0.1, 0.15) is 20.8 Å². The fourth-order valence-corrected chi connectivity index (χ4v) is 2.24. The van der Waals surface area contributed by atoms with Crippen LogP contribution in [-0.2, 0) is 4.74 Å². The highest BCUT2D eigenvalue weighted by molar-refractivity contribution is 6.02. The number of amides is 2. The molecule has 0 aliphatic carbocycles. The first-order chi connectivity index (χ1) is 13.2. The molecule has 0 fully saturated rings. The van der Waals surface area contributed by atoms with Crippen LogP contribution in [-0.4, -0.2) is 42.1 Å². The molecule has 2 aromatic rings. The molecule has 8 nitrogen and oxygen atoms in total. The van der Waals surface area contributed by atoms with E-state index in [1.807, 2.05) is 5.32 Å². The molecular weight excluding hydrogens is 369 g/mol. The van der Waals surface area contributed by atoms with Crippen molar-refractivity contribution in [1.82, 2.24) is 10.6 Å². The van der Waals surface area contributed by atoms with Gasteiger partial charge in [-0.3, -0.25) is 10.6 Å². The van der Waals surface area contributed by atoms with Crippen LogP contribution in [0.3, 0.4) is 0 Å². The largest absolute Gasteiger partial charge is 0.491 e. The number of ether oxygens (including phenoxy) is 2. The molecular formula is C19H22FN3O5. The first kappa shape index (κ1) is 20.9. The molecule has 2 amide bonds. The van der Waals surface area contributed by atoms with Crippen LogP contribution in [0.2, 0.25) is 0 Å². The van der Waals surface area contributed by atoms with Crippen molar-refractivity contribution in [2.45, 2.75) is 26.4 Å². The van der Waals surface area contributed by atoms with E-state index in [9.17, 15) is 14.0 Å². The van der Waals surface area contributed by atoms with Gasteiger partial charge >= 0.3 is 12.2 Å². The smallest absolute Gasteiger partial charge is 0.414 e. The number of benzene rings is 2. The lowest BCUT2D eigenvalue weighted by atomic mass is 10.1. The van der Waals surface area contributed by atoms with E-state index in [0.29, 0.717) is 11.4 Å².